The van der Waals surface area contributed by atoms with Crippen molar-refractivity contribution in [2.24, 2.45) is 0 Å². The summed E-state index contributed by atoms with van der Waals surface area (Å²) in [7, 11) is 0. The van der Waals surface area contributed by atoms with E-state index in [1.165, 1.54) is 0 Å². The molecule has 0 aliphatic rings. The number of aliphatic carboxylic acids is 1. The fraction of sp³-hybridized carbons (Fsp3) is 0.273. The Hall–Kier alpha value is -1.29. The van der Waals surface area contributed by atoms with E-state index >= 15 is 0 Å². The van der Waals surface area contributed by atoms with Crippen LogP contribution in [0, 0.1) is 0 Å². The number of thioether (sulfide) groups is 1. The zero-order chi connectivity index (χ0) is 11.1. The van der Waals surface area contributed by atoms with Gasteiger partial charge in [-0.15, -0.1) is 0 Å². The Bertz CT molecular complexity index is 335. The van der Waals surface area contributed by atoms with Gasteiger partial charge in [-0.3, -0.25) is 9.59 Å². The summed E-state index contributed by atoms with van der Waals surface area (Å²) in [6.45, 7) is 0. The second-order valence-electron chi connectivity index (χ2n) is 3.03. The first-order chi connectivity index (χ1) is 7.18. The molecule has 0 amide bonds. The van der Waals surface area contributed by atoms with E-state index in [1.54, 1.807) is 0 Å². The van der Waals surface area contributed by atoms with E-state index in [-0.39, 0.29) is 11.5 Å². The Morgan fingerprint density at radius 3 is 2.40 bits per heavy atom. The van der Waals surface area contributed by atoms with Gasteiger partial charge >= 0.3 is 5.97 Å². The van der Waals surface area contributed by atoms with E-state index in [0.29, 0.717) is 12.8 Å². The van der Waals surface area contributed by atoms with Gasteiger partial charge in [-0.25, -0.2) is 0 Å². The summed E-state index contributed by atoms with van der Waals surface area (Å²) in [6.07, 6.45) is 0.779. The van der Waals surface area contributed by atoms with Crippen LogP contribution in [0.2, 0.25) is 0 Å². The third kappa shape index (κ3) is 5.22. The number of benzene rings is 1. The SMILES string of the molecule is O=C(O)CCCC(=O)Sc1ccccc1. The van der Waals surface area contributed by atoms with Gasteiger partial charge in [0.1, 0.15) is 0 Å². The van der Waals surface area contributed by atoms with Crippen LogP contribution in [0.25, 0.3) is 0 Å². The predicted octanol–water partition coefficient (Wildman–Crippen LogP) is 2.56. The number of carbonyl (C=O) groups is 2. The molecule has 1 aromatic rings. The Morgan fingerprint density at radius 2 is 1.80 bits per heavy atom. The highest BCUT2D eigenvalue weighted by atomic mass is 32.2. The van der Waals surface area contributed by atoms with Crippen molar-refractivity contribution >= 4 is 22.8 Å². The Balaban J connectivity index is 2.28. The molecule has 4 heteroatoms. The normalized spacial score (nSPS) is 9.87. The number of hydrogen-bond acceptors (Lipinski definition) is 3. The Kier molecular flexibility index (Phi) is 4.90. The van der Waals surface area contributed by atoms with Crippen molar-refractivity contribution < 1.29 is 14.7 Å². The van der Waals surface area contributed by atoms with E-state index in [9.17, 15) is 9.59 Å². The summed E-state index contributed by atoms with van der Waals surface area (Å²) in [4.78, 5) is 22.5. The molecule has 1 aromatic carbocycles. The molecule has 0 saturated heterocycles. The fourth-order valence-electron chi connectivity index (χ4n) is 1.05. The van der Waals surface area contributed by atoms with Crippen LogP contribution in [0.4, 0.5) is 0 Å². The highest BCUT2D eigenvalue weighted by Gasteiger charge is 2.05. The van der Waals surface area contributed by atoms with Crippen LogP contribution in [0.15, 0.2) is 35.2 Å². The molecule has 0 aliphatic heterocycles. The molecule has 0 saturated carbocycles. The van der Waals surface area contributed by atoms with Gasteiger partial charge in [0.25, 0.3) is 0 Å². The first-order valence-electron chi connectivity index (χ1n) is 4.66. The first kappa shape index (κ1) is 11.8. The predicted molar refractivity (Wildman–Crippen MR) is 58.8 cm³/mol. The van der Waals surface area contributed by atoms with Crippen molar-refractivity contribution in [2.75, 3.05) is 0 Å². The molecule has 80 valence electrons. The van der Waals surface area contributed by atoms with Crippen molar-refractivity contribution in [3.8, 4) is 0 Å². The maximum absolute atomic E-state index is 11.4. The molecule has 3 nitrogen and oxygen atoms in total. The van der Waals surface area contributed by atoms with E-state index in [2.05, 4.69) is 0 Å². The summed E-state index contributed by atoms with van der Waals surface area (Å²) >= 11 is 1.16. The molecule has 0 aromatic heterocycles. The number of rotatable bonds is 5. The Labute approximate surface area is 92.5 Å². The lowest BCUT2D eigenvalue weighted by atomic mass is 10.2. The second kappa shape index (κ2) is 6.24. The molecule has 1 N–H and O–H groups in total. The van der Waals surface area contributed by atoms with Gasteiger partial charge in [-0.05, 0) is 18.6 Å². The molecular weight excluding hydrogens is 212 g/mol. The van der Waals surface area contributed by atoms with Crippen LogP contribution < -0.4 is 0 Å². The van der Waals surface area contributed by atoms with Crippen molar-refractivity contribution in [3.63, 3.8) is 0 Å². The summed E-state index contributed by atoms with van der Waals surface area (Å²) in [5, 5.41) is 8.41. The van der Waals surface area contributed by atoms with Crippen LogP contribution in [0.3, 0.4) is 0 Å². The smallest absolute Gasteiger partial charge is 0.303 e. The lowest BCUT2D eigenvalue weighted by Gasteiger charge is -1.99. The summed E-state index contributed by atoms with van der Waals surface area (Å²) in [5.41, 5.74) is 0. The largest absolute Gasteiger partial charge is 0.481 e. The highest BCUT2D eigenvalue weighted by molar-refractivity contribution is 8.13. The summed E-state index contributed by atoms with van der Waals surface area (Å²) in [5.74, 6) is -0.854. The van der Waals surface area contributed by atoms with Crippen molar-refractivity contribution in [2.45, 2.75) is 24.2 Å². The second-order valence-corrected chi connectivity index (χ2v) is 4.17. The molecule has 0 unspecified atom stereocenters. The summed E-state index contributed by atoms with van der Waals surface area (Å²) < 4.78 is 0. The highest BCUT2D eigenvalue weighted by Crippen LogP contribution is 2.20. The number of carboxylic acids is 1. The molecular formula is C11H12O3S. The van der Waals surface area contributed by atoms with E-state index < -0.39 is 5.97 Å². The van der Waals surface area contributed by atoms with Gasteiger partial charge in [-0.1, -0.05) is 30.0 Å². The quantitative estimate of drug-likeness (QED) is 0.781. The van der Waals surface area contributed by atoms with Gasteiger partial charge in [0.15, 0.2) is 5.12 Å². The van der Waals surface area contributed by atoms with Crippen LogP contribution >= 0.6 is 11.8 Å². The fourth-order valence-corrected chi connectivity index (χ4v) is 1.86. The van der Waals surface area contributed by atoms with Gasteiger partial charge in [-0.2, -0.15) is 0 Å². The van der Waals surface area contributed by atoms with E-state index in [0.717, 1.165) is 16.7 Å². The van der Waals surface area contributed by atoms with E-state index in [1.807, 2.05) is 30.3 Å². The third-order valence-corrected chi connectivity index (χ3v) is 2.69. The standard InChI is InChI=1S/C11H12O3S/c12-10(13)7-4-8-11(14)15-9-5-2-1-3-6-9/h1-3,5-6H,4,7-8H2,(H,12,13). The topological polar surface area (TPSA) is 54.4 Å². The summed E-state index contributed by atoms with van der Waals surface area (Å²) in [6, 6.07) is 9.35. The molecule has 0 radical (unpaired) electrons. The minimum absolute atomic E-state index is 0.0162. The maximum atomic E-state index is 11.4. The monoisotopic (exact) mass is 224 g/mol. The first-order valence-corrected chi connectivity index (χ1v) is 5.47. The van der Waals surface area contributed by atoms with Crippen molar-refractivity contribution in [1.82, 2.24) is 0 Å². The average molecular weight is 224 g/mol. The Morgan fingerprint density at radius 1 is 1.13 bits per heavy atom. The van der Waals surface area contributed by atoms with Crippen molar-refractivity contribution in [3.05, 3.63) is 30.3 Å². The molecule has 15 heavy (non-hydrogen) atoms. The molecule has 0 heterocycles. The van der Waals surface area contributed by atoms with Gasteiger partial charge < -0.3 is 5.11 Å². The maximum Gasteiger partial charge on any atom is 0.303 e. The molecule has 1 rings (SSSR count). The van der Waals surface area contributed by atoms with Crippen LogP contribution in [0.1, 0.15) is 19.3 Å². The molecule has 0 atom stereocenters. The van der Waals surface area contributed by atoms with Gasteiger partial charge in [0.05, 0.1) is 0 Å². The zero-order valence-corrected chi connectivity index (χ0v) is 9.00. The van der Waals surface area contributed by atoms with E-state index in [4.69, 9.17) is 5.11 Å². The number of hydrogen-bond donors (Lipinski definition) is 1. The lowest BCUT2D eigenvalue weighted by molar-refractivity contribution is -0.137. The average Bonchev–Trinajstić information content (AvgIpc) is 2.18. The van der Waals surface area contributed by atoms with Gasteiger partial charge in [0, 0.05) is 17.7 Å². The van der Waals surface area contributed by atoms with Crippen LogP contribution in [0.5, 0.6) is 0 Å². The lowest BCUT2D eigenvalue weighted by Crippen LogP contribution is -1.97. The number of carbonyl (C=O) groups excluding carboxylic acids is 1. The number of carboxylic acid groups (broad SMARTS) is 1. The molecule has 0 aliphatic carbocycles. The molecule has 0 spiro atoms. The molecule has 0 fully saturated rings. The minimum atomic E-state index is -0.854. The van der Waals surface area contributed by atoms with Gasteiger partial charge in [0.2, 0.25) is 0 Å². The molecule has 0 bridgehead atoms. The zero-order valence-electron chi connectivity index (χ0n) is 8.18. The van der Waals surface area contributed by atoms with Crippen molar-refractivity contribution in [1.29, 1.82) is 0 Å². The minimum Gasteiger partial charge on any atom is -0.481 e. The van der Waals surface area contributed by atoms with Crippen LogP contribution in [-0.2, 0) is 9.59 Å². The van der Waals surface area contributed by atoms with Crippen LogP contribution in [-0.4, -0.2) is 16.2 Å². The third-order valence-electron chi connectivity index (χ3n) is 1.75.